The maximum absolute atomic E-state index is 11.8. The van der Waals surface area contributed by atoms with Crippen LogP contribution in [0, 0.1) is 0 Å². The number of anilines is 1. The zero-order valence-electron chi connectivity index (χ0n) is 21.0. The Kier molecular flexibility index (Phi) is 7.58. The Bertz CT molecular complexity index is 1250. The minimum atomic E-state index is 0.0762. The highest BCUT2D eigenvalue weighted by molar-refractivity contribution is 5.95. The van der Waals surface area contributed by atoms with Crippen molar-refractivity contribution in [1.82, 2.24) is 4.90 Å². The fraction of sp³-hybridized carbons (Fsp3) is 0.242. The van der Waals surface area contributed by atoms with E-state index in [9.17, 15) is 4.79 Å². The summed E-state index contributed by atoms with van der Waals surface area (Å²) in [6, 6.07) is 25.7. The Morgan fingerprint density at radius 1 is 0.861 bits per heavy atom. The van der Waals surface area contributed by atoms with Crippen molar-refractivity contribution in [3.05, 3.63) is 112 Å². The maximum Gasteiger partial charge on any atom is 0.224 e. The Balaban J connectivity index is 1.24. The van der Waals surface area contributed by atoms with Gasteiger partial charge in [0.25, 0.3) is 0 Å². The van der Waals surface area contributed by atoms with Crippen LogP contribution in [0.4, 0.5) is 5.69 Å². The van der Waals surface area contributed by atoms with Crippen molar-refractivity contribution >= 4 is 35.4 Å². The van der Waals surface area contributed by atoms with E-state index in [4.69, 9.17) is 0 Å². The first-order valence-corrected chi connectivity index (χ1v) is 13.1. The third-order valence-electron chi connectivity index (χ3n) is 7.06. The van der Waals surface area contributed by atoms with E-state index in [1.54, 1.807) is 5.57 Å². The Labute approximate surface area is 214 Å². The van der Waals surface area contributed by atoms with Crippen LogP contribution in [0.25, 0.3) is 23.8 Å². The van der Waals surface area contributed by atoms with Gasteiger partial charge in [0.15, 0.2) is 0 Å². The molecule has 1 aliphatic carbocycles. The van der Waals surface area contributed by atoms with Crippen LogP contribution in [-0.4, -0.2) is 30.4 Å². The predicted molar refractivity (Wildman–Crippen MR) is 153 cm³/mol. The fourth-order valence-electron chi connectivity index (χ4n) is 5.17. The standard InChI is InChI=1S/C33H34N2O/c1-2-8-32(36)34-29-18-14-25(15-19-29)9-7-22-35-23-20-28(21-24-35)33-30-12-5-3-10-26(30)16-17-27-11-4-6-13-31(27)33/h3-7,9-19H,2,8,20-24H2,1H3,(H,34,36). The third-order valence-corrected chi connectivity index (χ3v) is 7.06. The second kappa shape index (κ2) is 11.4. The number of hydrogen-bond donors (Lipinski definition) is 1. The van der Waals surface area contributed by atoms with Crippen molar-refractivity contribution in [3.63, 3.8) is 0 Å². The van der Waals surface area contributed by atoms with Crippen LogP contribution in [0.3, 0.4) is 0 Å². The molecular formula is C33H34N2O. The van der Waals surface area contributed by atoms with Crippen LogP contribution in [-0.2, 0) is 4.79 Å². The van der Waals surface area contributed by atoms with Crippen molar-refractivity contribution in [2.75, 3.05) is 25.0 Å². The van der Waals surface area contributed by atoms with E-state index in [1.165, 1.54) is 27.8 Å². The van der Waals surface area contributed by atoms with Gasteiger partial charge in [0.05, 0.1) is 0 Å². The van der Waals surface area contributed by atoms with Crippen molar-refractivity contribution < 1.29 is 4.79 Å². The minimum Gasteiger partial charge on any atom is -0.326 e. The van der Waals surface area contributed by atoms with Gasteiger partial charge in [-0.05, 0) is 64.8 Å². The molecule has 1 aliphatic heterocycles. The summed E-state index contributed by atoms with van der Waals surface area (Å²) in [5.74, 6) is 0.0762. The van der Waals surface area contributed by atoms with Gasteiger partial charge in [0.1, 0.15) is 0 Å². The molecule has 0 radical (unpaired) electrons. The van der Waals surface area contributed by atoms with E-state index in [1.807, 2.05) is 19.1 Å². The first-order chi connectivity index (χ1) is 17.7. The van der Waals surface area contributed by atoms with E-state index in [0.717, 1.165) is 50.1 Å². The summed E-state index contributed by atoms with van der Waals surface area (Å²) in [6.07, 6.45) is 12.6. The van der Waals surface area contributed by atoms with Gasteiger partial charge >= 0.3 is 0 Å². The second-order valence-electron chi connectivity index (χ2n) is 9.61. The highest BCUT2D eigenvalue weighted by Crippen LogP contribution is 2.38. The molecule has 1 fully saturated rings. The molecule has 3 aromatic carbocycles. The van der Waals surface area contributed by atoms with Crippen LogP contribution in [0.5, 0.6) is 0 Å². The molecule has 1 heterocycles. The van der Waals surface area contributed by atoms with Crippen molar-refractivity contribution in [2.24, 2.45) is 0 Å². The fourth-order valence-corrected chi connectivity index (χ4v) is 5.17. The summed E-state index contributed by atoms with van der Waals surface area (Å²) in [5.41, 5.74) is 10.3. The van der Waals surface area contributed by atoms with E-state index in [-0.39, 0.29) is 5.91 Å². The molecule has 1 amide bonds. The first kappa shape index (κ1) is 24.0. The number of piperidine rings is 1. The molecule has 2 aliphatic rings. The van der Waals surface area contributed by atoms with Crippen molar-refractivity contribution in [3.8, 4) is 0 Å². The third kappa shape index (κ3) is 5.58. The molecule has 0 spiro atoms. The highest BCUT2D eigenvalue weighted by Gasteiger charge is 2.22. The highest BCUT2D eigenvalue weighted by atomic mass is 16.1. The Hall–Kier alpha value is -3.69. The zero-order valence-corrected chi connectivity index (χ0v) is 21.0. The molecule has 5 rings (SSSR count). The monoisotopic (exact) mass is 474 g/mol. The van der Waals surface area contributed by atoms with Crippen LogP contribution in [0.1, 0.15) is 60.4 Å². The molecule has 0 atom stereocenters. The largest absolute Gasteiger partial charge is 0.326 e. The number of likely N-dealkylation sites (tertiary alicyclic amines) is 1. The lowest BCUT2D eigenvalue weighted by Crippen LogP contribution is -2.31. The van der Waals surface area contributed by atoms with Gasteiger partial charge in [0.2, 0.25) is 5.91 Å². The van der Waals surface area contributed by atoms with Crippen LogP contribution < -0.4 is 5.32 Å². The Morgan fingerprint density at radius 3 is 2.08 bits per heavy atom. The van der Waals surface area contributed by atoms with Gasteiger partial charge in [-0.15, -0.1) is 0 Å². The van der Waals surface area contributed by atoms with Crippen molar-refractivity contribution in [1.29, 1.82) is 0 Å². The number of hydrogen-bond acceptors (Lipinski definition) is 2. The molecule has 1 N–H and O–H groups in total. The van der Waals surface area contributed by atoms with Crippen LogP contribution in [0.2, 0.25) is 0 Å². The van der Waals surface area contributed by atoms with Crippen LogP contribution >= 0.6 is 0 Å². The summed E-state index contributed by atoms with van der Waals surface area (Å²) >= 11 is 0. The number of fused-ring (bicyclic) bond motifs is 2. The van der Waals surface area contributed by atoms with Gasteiger partial charge in [-0.25, -0.2) is 0 Å². The summed E-state index contributed by atoms with van der Waals surface area (Å²) < 4.78 is 0. The van der Waals surface area contributed by atoms with Gasteiger partial charge in [-0.1, -0.05) is 97.5 Å². The summed E-state index contributed by atoms with van der Waals surface area (Å²) in [5, 5.41) is 2.95. The molecule has 3 heteroatoms. The molecule has 3 nitrogen and oxygen atoms in total. The van der Waals surface area contributed by atoms with Gasteiger partial charge in [-0.3, -0.25) is 9.69 Å². The molecule has 182 valence electrons. The number of carbonyl (C=O) groups is 1. The summed E-state index contributed by atoms with van der Waals surface area (Å²) in [6.45, 7) is 5.11. The first-order valence-electron chi connectivity index (χ1n) is 13.1. The SMILES string of the molecule is CCCC(=O)Nc1ccc(C=CCN2CCC(=C3c4ccccc4C=Cc4ccccc43)CC2)cc1. The number of rotatable bonds is 6. The van der Waals surface area contributed by atoms with Gasteiger partial charge in [-0.2, -0.15) is 0 Å². The predicted octanol–water partition coefficient (Wildman–Crippen LogP) is 7.52. The van der Waals surface area contributed by atoms with E-state index < -0.39 is 0 Å². The lowest BCUT2D eigenvalue weighted by Gasteiger charge is -2.29. The number of benzene rings is 3. The number of nitrogens with zero attached hydrogens (tertiary/aromatic N) is 1. The minimum absolute atomic E-state index is 0.0762. The molecule has 0 bridgehead atoms. The summed E-state index contributed by atoms with van der Waals surface area (Å²) in [7, 11) is 0. The smallest absolute Gasteiger partial charge is 0.224 e. The normalized spacial score (nSPS) is 15.5. The molecule has 36 heavy (non-hydrogen) atoms. The zero-order chi connectivity index (χ0) is 24.7. The average molecular weight is 475 g/mol. The molecular weight excluding hydrogens is 440 g/mol. The second-order valence-corrected chi connectivity index (χ2v) is 9.61. The summed E-state index contributed by atoms with van der Waals surface area (Å²) in [4.78, 5) is 14.3. The van der Waals surface area contributed by atoms with E-state index >= 15 is 0 Å². The number of nitrogens with one attached hydrogen (secondary N) is 1. The molecule has 0 unspecified atom stereocenters. The van der Waals surface area contributed by atoms with E-state index in [0.29, 0.717) is 6.42 Å². The topological polar surface area (TPSA) is 32.3 Å². The van der Waals surface area contributed by atoms with Gasteiger partial charge < -0.3 is 5.32 Å². The molecule has 0 saturated carbocycles. The molecule has 0 aromatic heterocycles. The van der Waals surface area contributed by atoms with Gasteiger partial charge in [0, 0.05) is 31.7 Å². The van der Waals surface area contributed by atoms with E-state index in [2.05, 4.69) is 95.2 Å². The quantitative estimate of drug-likeness (QED) is 0.313. The lowest BCUT2D eigenvalue weighted by molar-refractivity contribution is -0.116. The lowest BCUT2D eigenvalue weighted by atomic mass is 9.86. The average Bonchev–Trinajstić information content (AvgIpc) is 3.07. The molecule has 1 saturated heterocycles. The Morgan fingerprint density at radius 2 is 1.47 bits per heavy atom. The van der Waals surface area contributed by atoms with Crippen molar-refractivity contribution in [2.45, 2.75) is 32.6 Å². The number of amides is 1. The van der Waals surface area contributed by atoms with Crippen LogP contribution in [0.15, 0.2) is 84.4 Å². The number of carbonyl (C=O) groups excluding carboxylic acids is 1. The maximum atomic E-state index is 11.8. The molecule has 3 aromatic rings.